The number of esters is 1. The van der Waals surface area contributed by atoms with Crippen molar-refractivity contribution in [1.29, 1.82) is 0 Å². The number of rotatable bonds is 5. The molecule has 0 saturated heterocycles. The molecule has 1 N–H and O–H groups in total. The van der Waals surface area contributed by atoms with Crippen molar-refractivity contribution in [3.63, 3.8) is 0 Å². The molecule has 33 heavy (non-hydrogen) atoms. The Bertz CT molecular complexity index is 1240. The number of fused-ring (bicyclic) bond motifs is 1. The minimum Gasteiger partial charge on any atom is -0.465 e. The third-order valence-corrected chi connectivity index (χ3v) is 6.32. The van der Waals surface area contributed by atoms with Gasteiger partial charge in [-0.1, -0.05) is 12.1 Å². The normalized spacial score (nSPS) is 12.5. The van der Waals surface area contributed by atoms with E-state index in [2.05, 4.69) is 5.32 Å². The SMILES string of the molecule is COC(=O)c1c(NC(=O)c2cccc(C(F)(F)F)c2)sc(Cc2ccc3c(c2)OCO3)c1C. The standard InChI is InChI=1S/C23H18F3NO5S/c1-12-18(9-13-6-7-16-17(8-13)32-11-31-16)33-21(19(12)22(29)30-2)27-20(28)14-4-3-5-15(10-14)23(24,25)26/h3-8,10H,9,11H2,1-2H3,(H,27,28). The largest absolute Gasteiger partial charge is 0.465 e. The molecule has 0 fully saturated rings. The number of hydrogen-bond donors (Lipinski definition) is 1. The second kappa shape index (κ2) is 8.78. The van der Waals surface area contributed by atoms with Gasteiger partial charge in [-0.2, -0.15) is 13.2 Å². The number of thiophene rings is 1. The van der Waals surface area contributed by atoms with Gasteiger partial charge >= 0.3 is 12.1 Å². The molecule has 2 heterocycles. The van der Waals surface area contributed by atoms with E-state index in [1.165, 1.54) is 13.2 Å². The number of hydrogen-bond acceptors (Lipinski definition) is 6. The molecule has 10 heteroatoms. The van der Waals surface area contributed by atoms with Crippen LogP contribution in [0.1, 0.15) is 42.3 Å². The van der Waals surface area contributed by atoms with Gasteiger partial charge in [0, 0.05) is 16.9 Å². The van der Waals surface area contributed by atoms with Crippen LogP contribution in [0.5, 0.6) is 11.5 Å². The first-order chi connectivity index (χ1) is 15.7. The number of nitrogens with one attached hydrogen (secondary N) is 1. The van der Waals surface area contributed by atoms with Gasteiger partial charge in [0.15, 0.2) is 11.5 Å². The molecule has 1 aliphatic rings. The Labute approximate surface area is 190 Å². The number of anilines is 1. The monoisotopic (exact) mass is 477 g/mol. The Hall–Kier alpha value is -3.53. The highest BCUT2D eigenvalue weighted by Gasteiger charge is 2.31. The van der Waals surface area contributed by atoms with Crippen molar-refractivity contribution in [2.45, 2.75) is 19.5 Å². The van der Waals surface area contributed by atoms with Crippen molar-refractivity contribution in [3.05, 3.63) is 75.2 Å². The van der Waals surface area contributed by atoms with Crippen molar-refractivity contribution in [3.8, 4) is 11.5 Å². The minimum absolute atomic E-state index is 0.148. The number of methoxy groups -OCH3 is 1. The number of alkyl halides is 3. The molecule has 0 atom stereocenters. The quantitative estimate of drug-likeness (QED) is 0.496. The van der Waals surface area contributed by atoms with Gasteiger partial charge in [0.2, 0.25) is 6.79 Å². The highest BCUT2D eigenvalue weighted by Crippen LogP contribution is 2.38. The molecule has 0 unspecified atom stereocenters. The second-order valence-corrected chi connectivity index (χ2v) is 8.35. The van der Waals surface area contributed by atoms with Crippen LogP contribution >= 0.6 is 11.3 Å². The fourth-order valence-corrected chi connectivity index (χ4v) is 4.64. The summed E-state index contributed by atoms with van der Waals surface area (Å²) in [6.45, 7) is 1.88. The maximum absolute atomic E-state index is 13.0. The van der Waals surface area contributed by atoms with Gasteiger partial charge in [0.05, 0.1) is 18.2 Å². The maximum atomic E-state index is 13.0. The van der Waals surface area contributed by atoms with Crippen molar-refractivity contribution < 1.29 is 37.0 Å². The van der Waals surface area contributed by atoms with Crippen LogP contribution in [0.15, 0.2) is 42.5 Å². The fraction of sp³-hybridized carbons (Fsp3) is 0.217. The Morgan fingerprint density at radius 2 is 1.88 bits per heavy atom. The molecule has 0 spiro atoms. The number of carbonyl (C=O) groups is 2. The number of benzene rings is 2. The first-order valence-corrected chi connectivity index (χ1v) is 10.6. The lowest BCUT2D eigenvalue weighted by Gasteiger charge is -2.09. The summed E-state index contributed by atoms with van der Waals surface area (Å²) in [7, 11) is 1.22. The van der Waals surface area contributed by atoms with Gasteiger partial charge < -0.3 is 19.5 Å². The van der Waals surface area contributed by atoms with E-state index < -0.39 is 23.6 Å². The maximum Gasteiger partial charge on any atom is 0.416 e. The number of ether oxygens (including phenoxy) is 3. The zero-order chi connectivity index (χ0) is 23.8. The highest BCUT2D eigenvalue weighted by atomic mass is 32.1. The molecular weight excluding hydrogens is 459 g/mol. The lowest BCUT2D eigenvalue weighted by atomic mass is 10.1. The third kappa shape index (κ3) is 4.65. The zero-order valence-electron chi connectivity index (χ0n) is 17.5. The predicted molar refractivity (Wildman–Crippen MR) is 115 cm³/mol. The average Bonchev–Trinajstić information content (AvgIpc) is 3.37. The van der Waals surface area contributed by atoms with Crippen LogP contribution in [0.25, 0.3) is 0 Å². The second-order valence-electron chi connectivity index (χ2n) is 7.24. The molecule has 0 bridgehead atoms. The molecule has 1 amide bonds. The van der Waals surface area contributed by atoms with E-state index in [4.69, 9.17) is 14.2 Å². The summed E-state index contributed by atoms with van der Waals surface area (Å²) in [5.41, 5.74) is 0.566. The summed E-state index contributed by atoms with van der Waals surface area (Å²) in [6.07, 6.45) is -4.14. The molecule has 0 radical (unpaired) electrons. The number of halogens is 3. The highest BCUT2D eigenvalue weighted by molar-refractivity contribution is 7.17. The minimum atomic E-state index is -4.58. The lowest BCUT2D eigenvalue weighted by molar-refractivity contribution is -0.137. The average molecular weight is 477 g/mol. The Balaban J connectivity index is 1.64. The van der Waals surface area contributed by atoms with Crippen molar-refractivity contribution in [1.82, 2.24) is 0 Å². The van der Waals surface area contributed by atoms with Crippen LogP contribution in [0.4, 0.5) is 18.2 Å². The third-order valence-electron chi connectivity index (χ3n) is 5.12. The molecule has 3 aromatic rings. The van der Waals surface area contributed by atoms with E-state index in [1.54, 1.807) is 13.0 Å². The molecule has 1 aromatic heterocycles. The predicted octanol–water partition coefficient (Wildman–Crippen LogP) is 5.43. The van der Waals surface area contributed by atoms with Gasteiger partial charge in [-0.3, -0.25) is 4.79 Å². The van der Waals surface area contributed by atoms with E-state index in [0.29, 0.717) is 23.5 Å². The van der Waals surface area contributed by atoms with Crippen LogP contribution in [0, 0.1) is 6.92 Å². The van der Waals surface area contributed by atoms with Gasteiger partial charge in [0.1, 0.15) is 5.00 Å². The molecule has 0 aliphatic carbocycles. The summed E-state index contributed by atoms with van der Waals surface area (Å²) in [6, 6.07) is 9.57. The summed E-state index contributed by atoms with van der Waals surface area (Å²) in [5, 5.41) is 2.78. The van der Waals surface area contributed by atoms with Crippen LogP contribution in [-0.4, -0.2) is 25.8 Å². The van der Waals surface area contributed by atoms with E-state index in [1.807, 2.05) is 12.1 Å². The van der Waals surface area contributed by atoms with Crippen LogP contribution in [0.2, 0.25) is 0 Å². The summed E-state index contributed by atoms with van der Waals surface area (Å²) in [4.78, 5) is 25.9. The first kappa shape index (κ1) is 22.7. The molecular formula is C23H18F3NO5S. The zero-order valence-corrected chi connectivity index (χ0v) is 18.4. The fourth-order valence-electron chi connectivity index (χ4n) is 3.41. The molecule has 2 aromatic carbocycles. The number of carbonyl (C=O) groups excluding carboxylic acids is 2. The van der Waals surface area contributed by atoms with Gasteiger partial charge in [0.25, 0.3) is 5.91 Å². The number of amides is 1. The van der Waals surface area contributed by atoms with Crippen molar-refractivity contribution in [2.75, 3.05) is 19.2 Å². The summed E-state index contributed by atoms with van der Waals surface area (Å²) in [5.74, 6) is -0.152. The van der Waals surface area contributed by atoms with E-state index in [-0.39, 0.29) is 22.9 Å². The van der Waals surface area contributed by atoms with E-state index in [0.717, 1.165) is 40.0 Å². The Kier molecular flexibility index (Phi) is 6.03. The molecule has 1 aliphatic heterocycles. The van der Waals surface area contributed by atoms with Crippen molar-refractivity contribution >= 4 is 28.2 Å². The van der Waals surface area contributed by atoms with Gasteiger partial charge in [-0.05, 0) is 48.4 Å². The lowest BCUT2D eigenvalue weighted by Crippen LogP contribution is -2.15. The topological polar surface area (TPSA) is 73.9 Å². The molecule has 172 valence electrons. The molecule has 4 rings (SSSR count). The van der Waals surface area contributed by atoms with Gasteiger partial charge in [-0.15, -0.1) is 11.3 Å². The first-order valence-electron chi connectivity index (χ1n) is 9.75. The summed E-state index contributed by atoms with van der Waals surface area (Å²) >= 11 is 1.16. The molecule has 0 saturated carbocycles. The van der Waals surface area contributed by atoms with Crippen molar-refractivity contribution in [2.24, 2.45) is 0 Å². The van der Waals surface area contributed by atoms with E-state index in [9.17, 15) is 22.8 Å². The van der Waals surface area contributed by atoms with Gasteiger partial charge in [-0.25, -0.2) is 4.79 Å². The van der Waals surface area contributed by atoms with Crippen LogP contribution in [-0.2, 0) is 17.3 Å². The van der Waals surface area contributed by atoms with E-state index >= 15 is 0 Å². The summed E-state index contributed by atoms with van der Waals surface area (Å²) < 4.78 is 54.6. The van der Waals surface area contributed by atoms with Crippen LogP contribution < -0.4 is 14.8 Å². The Morgan fingerprint density at radius 1 is 1.12 bits per heavy atom. The van der Waals surface area contributed by atoms with Crippen LogP contribution in [0.3, 0.4) is 0 Å². The Morgan fingerprint density at radius 3 is 2.61 bits per heavy atom. The smallest absolute Gasteiger partial charge is 0.416 e. The molecule has 6 nitrogen and oxygen atoms in total.